The Morgan fingerprint density at radius 3 is 2.83 bits per heavy atom. The third-order valence-corrected chi connectivity index (χ3v) is 6.14. The van der Waals surface area contributed by atoms with Crippen LogP contribution in [-0.2, 0) is 9.59 Å². The summed E-state index contributed by atoms with van der Waals surface area (Å²) in [5, 5.41) is 4.83. The fraction of sp³-hybridized carbons (Fsp3) is 0.647. The van der Waals surface area contributed by atoms with Crippen molar-refractivity contribution in [2.75, 3.05) is 19.6 Å². The lowest BCUT2D eigenvalue weighted by molar-refractivity contribution is -0.145. The molecule has 1 aliphatic carbocycles. The smallest absolute Gasteiger partial charge is 0.248 e. The Bertz CT molecular complexity index is 552. The first-order chi connectivity index (χ1) is 11.2. The Morgan fingerprint density at radius 1 is 1.39 bits per heavy atom. The normalized spacial score (nSPS) is 24.3. The van der Waals surface area contributed by atoms with Crippen molar-refractivity contribution < 1.29 is 9.59 Å². The van der Waals surface area contributed by atoms with E-state index < -0.39 is 6.04 Å². The molecular weight excluding hydrogens is 310 g/mol. The molecule has 1 saturated heterocycles. The molecule has 0 bridgehead atoms. The molecule has 1 aliphatic heterocycles. The average molecular weight is 335 g/mol. The first kappa shape index (κ1) is 16.5. The molecule has 23 heavy (non-hydrogen) atoms. The van der Waals surface area contributed by atoms with Crippen molar-refractivity contribution in [2.24, 2.45) is 11.1 Å². The molecule has 1 atom stereocenters. The van der Waals surface area contributed by atoms with E-state index in [1.54, 1.807) is 4.90 Å². The van der Waals surface area contributed by atoms with Gasteiger partial charge in [0.1, 0.15) is 6.04 Å². The molecule has 126 valence electrons. The summed E-state index contributed by atoms with van der Waals surface area (Å²) in [6, 6.07) is 3.38. The maximum atomic E-state index is 13.0. The number of rotatable bonds is 4. The van der Waals surface area contributed by atoms with Crippen LogP contribution in [0, 0.1) is 5.41 Å². The number of piperazine rings is 1. The van der Waals surface area contributed by atoms with E-state index in [4.69, 9.17) is 5.73 Å². The van der Waals surface area contributed by atoms with Crippen LogP contribution in [0.15, 0.2) is 17.5 Å². The van der Waals surface area contributed by atoms with Gasteiger partial charge in [0.25, 0.3) is 0 Å². The number of nitrogens with two attached hydrogens (primary N) is 1. The predicted octanol–water partition coefficient (Wildman–Crippen LogP) is 2.05. The lowest BCUT2D eigenvalue weighted by Crippen LogP contribution is -2.53. The summed E-state index contributed by atoms with van der Waals surface area (Å²) in [4.78, 5) is 28.0. The number of nitrogens with one attached hydrogen (secondary N) is 1. The fourth-order valence-corrected chi connectivity index (χ4v) is 4.68. The van der Waals surface area contributed by atoms with E-state index in [1.807, 2.05) is 17.5 Å². The Balaban J connectivity index is 1.77. The van der Waals surface area contributed by atoms with Gasteiger partial charge in [0.05, 0.1) is 0 Å². The zero-order valence-electron chi connectivity index (χ0n) is 13.4. The quantitative estimate of drug-likeness (QED) is 0.884. The van der Waals surface area contributed by atoms with Gasteiger partial charge in [0.2, 0.25) is 11.8 Å². The van der Waals surface area contributed by atoms with E-state index in [0.29, 0.717) is 26.1 Å². The molecular formula is C17H25N3O2S. The van der Waals surface area contributed by atoms with Gasteiger partial charge in [0, 0.05) is 24.4 Å². The van der Waals surface area contributed by atoms with Crippen LogP contribution < -0.4 is 11.1 Å². The van der Waals surface area contributed by atoms with Gasteiger partial charge in [0.15, 0.2) is 0 Å². The molecule has 6 heteroatoms. The van der Waals surface area contributed by atoms with Crippen molar-refractivity contribution in [3.8, 4) is 0 Å². The summed E-state index contributed by atoms with van der Waals surface area (Å²) in [6.45, 7) is 1.66. The molecule has 1 aromatic heterocycles. The second kappa shape index (κ2) is 7.01. The molecule has 3 N–H and O–H groups in total. The van der Waals surface area contributed by atoms with Gasteiger partial charge in [-0.15, -0.1) is 11.3 Å². The van der Waals surface area contributed by atoms with Crippen LogP contribution in [0.25, 0.3) is 0 Å². The molecule has 5 nitrogen and oxygen atoms in total. The molecule has 2 aliphatic rings. The van der Waals surface area contributed by atoms with Gasteiger partial charge < -0.3 is 16.0 Å². The molecule has 1 unspecified atom stereocenters. The van der Waals surface area contributed by atoms with Gasteiger partial charge in [-0.05, 0) is 36.2 Å². The van der Waals surface area contributed by atoms with Crippen LogP contribution in [0.3, 0.4) is 0 Å². The number of amides is 2. The van der Waals surface area contributed by atoms with Gasteiger partial charge in [-0.3, -0.25) is 9.59 Å². The first-order valence-corrected chi connectivity index (χ1v) is 9.34. The van der Waals surface area contributed by atoms with E-state index in [1.165, 1.54) is 17.8 Å². The van der Waals surface area contributed by atoms with Crippen molar-refractivity contribution in [3.63, 3.8) is 0 Å². The highest BCUT2D eigenvalue weighted by Gasteiger charge is 2.39. The molecule has 3 rings (SSSR count). The Kier molecular flexibility index (Phi) is 5.02. The van der Waals surface area contributed by atoms with Crippen LogP contribution in [0.1, 0.15) is 49.4 Å². The molecule has 0 spiro atoms. The van der Waals surface area contributed by atoms with Gasteiger partial charge in [-0.1, -0.05) is 25.3 Å². The minimum absolute atomic E-state index is 0.0662. The minimum atomic E-state index is -0.477. The minimum Gasteiger partial charge on any atom is -0.352 e. The number of thiophene rings is 1. The number of carbonyl (C=O) groups excluding carboxylic acids is 2. The molecule has 2 amide bonds. The zero-order chi connectivity index (χ0) is 16.3. The number of carbonyl (C=O) groups is 2. The van der Waals surface area contributed by atoms with E-state index in [0.717, 1.165) is 30.6 Å². The second-order valence-electron chi connectivity index (χ2n) is 6.74. The Labute approximate surface area is 141 Å². The van der Waals surface area contributed by atoms with Crippen molar-refractivity contribution in [3.05, 3.63) is 22.4 Å². The summed E-state index contributed by atoms with van der Waals surface area (Å²) in [7, 11) is 0. The lowest BCUT2D eigenvalue weighted by atomic mass is 9.71. The largest absolute Gasteiger partial charge is 0.352 e. The molecule has 0 radical (unpaired) electrons. The zero-order valence-corrected chi connectivity index (χ0v) is 14.2. The molecule has 2 fully saturated rings. The van der Waals surface area contributed by atoms with Crippen molar-refractivity contribution in [1.82, 2.24) is 10.2 Å². The number of hydrogen-bond acceptors (Lipinski definition) is 4. The highest BCUT2D eigenvalue weighted by molar-refractivity contribution is 7.10. The maximum Gasteiger partial charge on any atom is 0.248 e. The van der Waals surface area contributed by atoms with Gasteiger partial charge >= 0.3 is 0 Å². The van der Waals surface area contributed by atoms with E-state index >= 15 is 0 Å². The molecule has 0 aromatic carbocycles. The van der Waals surface area contributed by atoms with Crippen LogP contribution in [0.5, 0.6) is 0 Å². The number of nitrogens with zero attached hydrogens (tertiary/aromatic N) is 1. The van der Waals surface area contributed by atoms with Crippen LogP contribution in [0.2, 0.25) is 0 Å². The monoisotopic (exact) mass is 335 g/mol. The highest BCUT2D eigenvalue weighted by atomic mass is 32.1. The first-order valence-electron chi connectivity index (χ1n) is 8.46. The van der Waals surface area contributed by atoms with E-state index in [-0.39, 0.29) is 17.2 Å². The number of hydrogen-bond donors (Lipinski definition) is 2. The SMILES string of the molecule is NCC1(CC(=O)N2CCNC(=O)C2c2cccs2)CCCCC1. The Hall–Kier alpha value is -1.40. The van der Waals surface area contributed by atoms with Crippen LogP contribution in [0.4, 0.5) is 0 Å². The average Bonchev–Trinajstić information content (AvgIpc) is 3.09. The summed E-state index contributed by atoms with van der Waals surface area (Å²) in [5.74, 6) is 0.00286. The fourth-order valence-electron chi connectivity index (χ4n) is 3.84. The Morgan fingerprint density at radius 2 is 2.17 bits per heavy atom. The predicted molar refractivity (Wildman–Crippen MR) is 91.0 cm³/mol. The lowest BCUT2D eigenvalue weighted by Gasteiger charge is -2.40. The van der Waals surface area contributed by atoms with Crippen molar-refractivity contribution >= 4 is 23.2 Å². The van der Waals surface area contributed by atoms with Gasteiger partial charge in [-0.25, -0.2) is 0 Å². The maximum absolute atomic E-state index is 13.0. The third kappa shape index (κ3) is 3.43. The van der Waals surface area contributed by atoms with E-state index in [2.05, 4.69) is 5.32 Å². The van der Waals surface area contributed by atoms with Crippen LogP contribution >= 0.6 is 11.3 Å². The summed E-state index contributed by atoms with van der Waals surface area (Å²) < 4.78 is 0. The second-order valence-corrected chi connectivity index (χ2v) is 7.72. The highest BCUT2D eigenvalue weighted by Crippen LogP contribution is 2.40. The molecule has 1 aromatic rings. The summed E-state index contributed by atoms with van der Waals surface area (Å²) >= 11 is 1.53. The van der Waals surface area contributed by atoms with Gasteiger partial charge in [-0.2, -0.15) is 0 Å². The van der Waals surface area contributed by atoms with Crippen molar-refractivity contribution in [1.29, 1.82) is 0 Å². The standard InChI is InChI=1S/C17H25N3O2S/c18-12-17(6-2-1-3-7-17)11-14(21)20-9-8-19-16(22)15(20)13-5-4-10-23-13/h4-5,10,15H,1-3,6-9,11-12,18H2,(H,19,22). The van der Waals surface area contributed by atoms with Crippen LogP contribution in [-0.4, -0.2) is 36.3 Å². The molecule has 1 saturated carbocycles. The van der Waals surface area contributed by atoms with E-state index in [9.17, 15) is 9.59 Å². The molecule has 2 heterocycles. The topological polar surface area (TPSA) is 75.4 Å². The summed E-state index contributed by atoms with van der Waals surface area (Å²) in [6.07, 6.45) is 6.06. The third-order valence-electron chi connectivity index (χ3n) is 5.22. The summed E-state index contributed by atoms with van der Waals surface area (Å²) in [5.41, 5.74) is 5.96. The van der Waals surface area contributed by atoms with Crippen molar-refractivity contribution in [2.45, 2.75) is 44.6 Å².